The Hall–Kier alpha value is -3.18. The van der Waals surface area contributed by atoms with Gasteiger partial charge >= 0.3 is 5.97 Å². The molecule has 0 saturated carbocycles. The van der Waals surface area contributed by atoms with Crippen LogP contribution in [0.5, 0.6) is 11.5 Å². The number of ether oxygens (including phenoxy) is 3. The molecule has 0 bridgehead atoms. The van der Waals surface area contributed by atoms with Crippen molar-refractivity contribution in [3.05, 3.63) is 89.0 Å². The molecular formula is C34H42O4S. The van der Waals surface area contributed by atoms with Gasteiger partial charge in [-0.15, -0.1) is 0 Å². The van der Waals surface area contributed by atoms with Crippen molar-refractivity contribution in [2.75, 3.05) is 25.7 Å². The van der Waals surface area contributed by atoms with Crippen LogP contribution in [0.25, 0.3) is 16.7 Å². The summed E-state index contributed by atoms with van der Waals surface area (Å²) in [5.41, 5.74) is 9.21. The van der Waals surface area contributed by atoms with Gasteiger partial charge < -0.3 is 14.2 Å². The monoisotopic (exact) mass is 546 g/mol. The first-order chi connectivity index (χ1) is 18.9. The van der Waals surface area contributed by atoms with Crippen LogP contribution in [0, 0.1) is 13.8 Å². The Balaban J connectivity index is 0.00000205. The van der Waals surface area contributed by atoms with Crippen molar-refractivity contribution >= 4 is 23.3 Å². The second kappa shape index (κ2) is 14.8. The Morgan fingerprint density at radius 2 is 1.74 bits per heavy atom. The van der Waals surface area contributed by atoms with Gasteiger partial charge in [0.05, 0.1) is 20.1 Å². The topological polar surface area (TPSA) is 44.8 Å². The van der Waals surface area contributed by atoms with Gasteiger partial charge in [-0.05, 0) is 119 Å². The van der Waals surface area contributed by atoms with Gasteiger partial charge in [0.25, 0.3) is 0 Å². The lowest BCUT2D eigenvalue weighted by Crippen LogP contribution is -2.06. The van der Waals surface area contributed by atoms with Gasteiger partial charge in [0.2, 0.25) is 0 Å². The summed E-state index contributed by atoms with van der Waals surface area (Å²) in [6, 6.07) is 18.9. The van der Waals surface area contributed by atoms with E-state index in [2.05, 4.69) is 69.1 Å². The van der Waals surface area contributed by atoms with E-state index in [9.17, 15) is 4.79 Å². The van der Waals surface area contributed by atoms with Crippen molar-refractivity contribution in [1.82, 2.24) is 0 Å². The molecule has 208 valence electrons. The van der Waals surface area contributed by atoms with E-state index in [1.807, 2.05) is 37.7 Å². The molecule has 3 aromatic carbocycles. The molecule has 1 aliphatic carbocycles. The Morgan fingerprint density at radius 1 is 1.00 bits per heavy atom. The van der Waals surface area contributed by atoms with E-state index in [1.54, 1.807) is 0 Å². The van der Waals surface area contributed by atoms with Crippen LogP contribution in [-0.4, -0.2) is 31.7 Å². The number of carbonyl (C=O) groups excluding carboxylic acids is 1. The smallest absolute Gasteiger partial charge is 0.306 e. The lowest BCUT2D eigenvalue weighted by atomic mass is 9.94. The third kappa shape index (κ3) is 7.92. The summed E-state index contributed by atoms with van der Waals surface area (Å²) in [5.74, 6) is 2.79. The van der Waals surface area contributed by atoms with Gasteiger partial charge in [-0.1, -0.05) is 44.7 Å². The first kappa shape index (κ1) is 30.4. The highest BCUT2D eigenvalue weighted by molar-refractivity contribution is 7.98. The van der Waals surface area contributed by atoms with Crippen LogP contribution >= 0.6 is 11.8 Å². The molecule has 3 aromatic rings. The van der Waals surface area contributed by atoms with Crippen LogP contribution in [0.2, 0.25) is 0 Å². The molecule has 1 unspecified atom stereocenters. The number of carbonyl (C=O) groups is 1. The third-order valence-electron chi connectivity index (χ3n) is 6.87. The fourth-order valence-electron chi connectivity index (χ4n) is 5.11. The van der Waals surface area contributed by atoms with Crippen LogP contribution in [0.1, 0.15) is 66.8 Å². The molecule has 0 N–H and O–H groups in total. The average Bonchev–Trinajstić information content (AvgIpc) is 3.25. The van der Waals surface area contributed by atoms with Crippen molar-refractivity contribution < 1.29 is 19.0 Å². The molecule has 1 atom stereocenters. The molecule has 0 aliphatic heterocycles. The van der Waals surface area contributed by atoms with E-state index in [-0.39, 0.29) is 11.9 Å². The molecular weight excluding hydrogens is 504 g/mol. The number of benzene rings is 3. The zero-order valence-electron chi connectivity index (χ0n) is 24.3. The number of hydrogen-bond donors (Lipinski definition) is 0. The van der Waals surface area contributed by atoms with Crippen molar-refractivity contribution in [2.45, 2.75) is 59.5 Å². The zero-order valence-corrected chi connectivity index (χ0v) is 25.1. The average molecular weight is 547 g/mol. The normalized spacial score (nSPS) is 13.8. The van der Waals surface area contributed by atoms with Gasteiger partial charge in [-0.2, -0.15) is 11.8 Å². The first-order valence-electron chi connectivity index (χ1n) is 13.7. The minimum absolute atomic E-state index is 0.124. The van der Waals surface area contributed by atoms with E-state index in [4.69, 9.17) is 14.2 Å². The van der Waals surface area contributed by atoms with Crippen LogP contribution in [0.15, 0.2) is 61.2 Å². The summed E-state index contributed by atoms with van der Waals surface area (Å²) in [5, 5.41) is 0. The second-order valence-electron chi connectivity index (χ2n) is 9.65. The first-order valence-corrected chi connectivity index (χ1v) is 15.1. The quantitative estimate of drug-likeness (QED) is 0.178. The van der Waals surface area contributed by atoms with Crippen LogP contribution in [-0.2, 0) is 16.1 Å². The third-order valence-corrected chi connectivity index (χ3v) is 7.56. The van der Waals surface area contributed by atoms with Crippen molar-refractivity contribution in [3.63, 3.8) is 0 Å². The molecule has 0 fully saturated rings. The molecule has 4 nitrogen and oxygen atoms in total. The number of esters is 1. The number of thioether (sulfide) groups is 1. The molecule has 0 radical (unpaired) electrons. The number of aryl methyl sites for hydroxylation is 2. The summed E-state index contributed by atoms with van der Waals surface area (Å²) >= 11 is 1.84. The molecule has 0 aromatic heterocycles. The van der Waals surface area contributed by atoms with Gasteiger partial charge in [-0.25, -0.2) is 0 Å². The van der Waals surface area contributed by atoms with Crippen molar-refractivity contribution in [2.24, 2.45) is 0 Å². The highest BCUT2D eigenvalue weighted by Gasteiger charge is 2.28. The van der Waals surface area contributed by atoms with Gasteiger partial charge in [-0.3, -0.25) is 4.79 Å². The Bertz CT molecular complexity index is 1260. The lowest BCUT2D eigenvalue weighted by Gasteiger charge is -2.15. The van der Waals surface area contributed by atoms with Gasteiger partial charge in [0, 0.05) is 0 Å². The summed E-state index contributed by atoms with van der Waals surface area (Å²) in [7, 11) is 1.43. The summed E-state index contributed by atoms with van der Waals surface area (Å²) in [4.78, 5) is 11.8. The molecule has 39 heavy (non-hydrogen) atoms. The summed E-state index contributed by atoms with van der Waals surface area (Å²) in [6.45, 7) is 13.7. The minimum Gasteiger partial charge on any atom is -0.494 e. The Labute approximate surface area is 238 Å². The van der Waals surface area contributed by atoms with Crippen molar-refractivity contribution in [1.29, 1.82) is 0 Å². The predicted octanol–water partition coefficient (Wildman–Crippen LogP) is 8.77. The number of hydrogen-bond acceptors (Lipinski definition) is 5. The number of fused-ring (bicyclic) bond motifs is 1. The molecule has 4 rings (SSSR count). The number of allylic oxidation sites excluding steroid dienone is 1. The van der Waals surface area contributed by atoms with E-state index >= 15 is 0 Å². The van der Waals surface area contributed by atoms with Crippen molar-refractivity contribution in [3.8, 4) is 22.6 Å². The van der Waals surface area contributed by atoms with E-state index in [0.717, 1.165) is 59.0 Å². The largest absolute Gasteiger partial charge is 0.494 e. The van der Waals surface area contributed by atoms with Crippen LogP contribution in [0.4, 0.5) is 0 Å². The lowest BCUT2D eigenvalue weighted by molar-refractivity contribution is -0.141. The Kier molecular flexibility index (Phi) is 11.5. The number of methoxy groups -OCH3 is 1. The van der Waals surface area contributed by atoms with Crippen LogP contribution < -0.4 is 9.47 Å². The fourth-order valence-corrected chi connectivity index (χ4v) is 5.52. The molecule has 0 spiro atoms. The fraction of sp³-hybridized carbons (Fsp3) is 0.382. The Morgan fingerprint density at radius 3 is 2.44 bits per heavy atom. The van der Waals surface area contributed by atoms with Crippen LogP contribution in [0.3, 0.4) is 0 Å². The maximum Gasteiger partial charge on any atom is 0.306 e. The molecule has 0 heterocycles. The zero-order chi connectivity index (χ0) is 28.4. The molecule has 1 aliphatic rings. The summed E-state index contributed by atoms with van der Waals surface area (Å²) < 4.78 is 17.0. The van der Waals surface area contributed by atoms with E-state index in [1.165, 1.54) is 29.4 Å². The highest BCUT2D eigenvalue weighted by atomic mass is 32.2. The maximum atomic E-state index is 11.8. The standard InChI is InChI=1S/C32H36O4S.C2H6/c1-21-14-26(18-31(33)34-4)29-11-10-27(19-30(21)29)36-20-24-8-6-9-25(17-24)32-22(2)15-28(16-23(32)3)35-12-7-13-37-5;1-2/h6,8-11,15-17,19,26H,1,7,12-14,18,20H2,2-5H3;1-2H3. The molecule has 0 saturated heterocycles. The molecule has 0 amide bonds. The SMILES string of the molecule is C=C1CC(CC(=O)OC)c2ccc(OCc3cccc(-c4c(C)cc(OCCCSC)cc4C)c3)cc21.CC. The van der Waals surface area contributed by atoms with Gasteiger partial charge in [0.15, 0.2) is 0 Å². The summed E-state index contributed by atoms with van der Waals surface area (Å²) in [6.07, 6.45) is 4.32. The van der Waals surface area contributed by atoms with E-state index < -0.39 is 0 Å². The minimum atomic E-state index is -0.190. The predicted molar refractivity (Wildman–Crippen MR) is 165 cm³/mol. The highest BCUT2D eigenvalue weighted by Crippen LogP contribution is 2.43. The maximum absolute atomic E-state index is 11.8. The van der Waals surface area contributed by atoms with Gasteiger partial charge in [0.1, 0.15) is 18.1 Å². The number of rotatable bonds is 11. The van der Waals surface area contributed by atoms with E-state index in [0.29, 0.717) is 13.0 Å². The molecule has 5 heteroatoms. The second-order valence-corrected chi connectivity index (χ2v) is 10.6.